The zero-order chi connectivity index (χ0) is 13.1. The SMILES string of the molecule is N#Cc1ccc2c(NC3CCNCC3)cccc2n1. The van der Waals surface area contributed by atoms with Gasteiger partial charge in [0.15, 0.2) is 0 Å². The number of fused-ring (bicyclic) bond motifs is 1. The molecule has 1 fully saturated rings. The topological polar surface area (TPSA) is 60.7 Å². The first kappa shape index (κ1) is 11.9. The minimum Gasteiger partial charge on any atom is -0.382 e. The minimum atomic E-state index is 0.464. The van der Waals surface area contributed by atoms with Crippen LogP contribution in [-0.4, -0.2) is 24.1 Å². The number of anilines is 1. The van der Waals surface area contributed by atoms with Crippen LogP contribution in [0.25, 0.3) is 10.9 Å². The third kappa shape index (κ3) is 2.51. The number of benzene rings is 1. The normalized spacial score (nSPS) is 16.2. The van der Waals surface area contributed by atoms with E-state index in [2.05, 4.69) is 27.8 Å². The van der Waals surface area contributed by atoms with Crippen molar-refractivity contribution in [2.45, 2.75) is 18.9 Å². The van der Waals surface area contributed by atoms with Crippen molar-refractivity contribution >= 4 is 16.6 Å². The molecule has 2 N–H and O–H groups in total. The van der Waals surface area contributed by atoms with Crippen LogP contribution in [0.3, 0.4) is 0 Å². The zero-order valence-electron chi connectivity index (χ0n) is 10.7. The van der Waals surface area contributed by atoms with Crippen LogP contribution in [0.5, 0.6) is 0 Å². The fourth-order valence-corrected chi connectivity index (χ4v) is 2.53. The van der Waals surface area contributed by atoms with Crippen LogP contribution >= 0.6 is 0 Å². The Balaban J connectivity index is 1.92. The van der Waals surface area contributed by atoms with Crippen molar-refractivity contribution in [3.8, 4) is 6.07 Å². The van der Waals surface area contributed by atoms with Gasteiger partial charge in [0.2, 0.25) is 0 Å². The van der Waals surface area contributed by atoms with E-state index in [0.717, 1.165) is 42.5 Å². The van der Waals surface area contributed by atoms with Gasteiger partial charge in [-0.2, -0.15) is 5.26 Å². The summed E-state index contributed by atoms with van der Waals surface area (Å²) in [7, 11) is 0. The summed E-state index contributed by atoms with van der Waals surface area (Å²) in [5.41, 5.74) is 2.45. The lowest BCUT2D eigenvalue weighted by molar-refractivity contribution is 0.479. The van der Waals surface area contributed by atoms with Gasteiger partial charge < -0.3 is 10.6 Å². The Hall–Kier alpha value is -2.12. The summed E-state index contributed by atoms with van der Waals surface area (Å²) in [5, 5.41) is 16.9. The number of hydrogen-bond donors (Lipinski definition) is 2. The number of piperidine rings is 1. The van der Waals surface area contributed by atoms with Crippen molar-refractivity contribution in [1.29, 1.82) is 5.26 Å². The highest BCUT2D eigenvalue weighted by molar-refractivity contribution is 5.91. The molecule has 4 nitrogen and oxygen atoms in total. The first-order valence-electron chi connectivity index (χ1n) is 6.64. The Kier molecular flexibility index (Phi) is 3.30. The van der Waals surface area contributed by atoms with Crippen molar-refractivity contribution in [2.24, 2.45) is 0 Å². The van der Waals surface area contributed by atoms with Crippen LogP contribution in [0.15, 0.2) is 30.3 Å². The van der Waals surface area contributed by atoms with E-state index in [0.29, 0.717) is 11.7 Å². The zero-order valence-corrected chi connectivity index (χ0v) is 10.7. The first-order valence-corrected chi connectivity index (χ1v) is 6.64. The van der Waals surface area contributed by atoms with Crippen LogP contribution in [0.1, 0.15) is 18.5 Å². The number of nitrogens with one attached hydrogen (secondary N) is 2. The van der Waals surface area contributed by atoms with Crippen LogP contribution in [0, 0.1) is 11.3 Å². The molecule has 0 bridgehead atoms. The van der Waals surface area contributed by atoms with Crippen molar-refractivity contribution < 1.29 is 0 Å². The van der Waals surface area contributed by atoms with Gasteiger partial charge in [0.1, 0.15) is 11.8 Å². The molecule has 1 saturated heterocycles. The fraction of sp³-hybridized carbons (Fsp3) is 0.333. The summed E-state index contributed by atoms with van der Waals surface area (Å²) in [6.07, 6.45) is 2.28. The van der Waals surface area contributed by atoms with Crippen LogP contribution in [-0.2, 0) is 0 Å². The maximum atomic E-state index is 8.89. The monoisotopic (exact) mass is 252 g/mol. The maximum absolute atomic E-state index is 8.89. The molecule has 0 aliphatic carbocycles. The Bertz CT molecular complexity index is 624. The predicted octanol–water partition coefficient (Wildman–Crippen LogP) is 2.27. The molecular weight excluding hydrogens is 236 g/mol. The molecule has 3 rings (SSSR count). The van der Waals surface area contributed by atoms with Crippen molar-refractivity contribution in [1.82, 2.24) is 10.3 Å². The highest BCUT2D eigenvalue weighted by atomic mass is 15.0. The van der Waals surface area contributed by atoms with E-state index < -0.39 is 0 Å². The van der Waals surface area contributed by atoms with E-state index in [1.54, 1.807) is 6.07 Å². The molecular formula is C15H16N4. The van der Waals surface area contributed by atoms with Crippen LogP contribution in [0.4, 0.5) is 5.69 Å². The molecule has 0 atom stereocenters. The van der Waals surface area contributed by atoms with Crippen molar-refractivity contribution in [3.63, 3.8) is 0 Å². The molecule has 0 radical (unpaired) electrons. The molecule has 2 aromatic rings. The van der Waals surface area contributed by atoms with Gasteiger partial charge in [0.05, 0.1) is 5.52 Å². The third-order valence-corrected chi connectivity index (χ3v) is 3.55. The maximum Gasteiger partial charge on any atom is 0.141 e. The van der Waals surface area contributed by atoms with Gasteiger partial charge in [-0.05, 0) is 50.2 Å². The Morgan fingerprint density at radius 2 is 2.05 bits per heavy atom. The number of nitriles is 1. The molecule has 96 valence electrons. The largest absolute Gasteiger partial charge is 0.382 e. The highest BCUT2D eigenvalue weighted by Gasteiger charge is 2.13. The molecule has 1 aliphatic heterocycles. The molecule has 1 aromatic carbocycles. The average Bonchev–Trinajstić information content (AvgIpc) is 2.48. The second kappa shape index (κ2) is 5.25. The molecule has 0 unspecified atom stereocenters. The average molecular weight is 252 g/mol. The van der Waals surface area contributed by atoms with E-state index in [1.807, 2.05) is 18.2 Å². The molecule has 1 aromatic heterocycles. The highest BCUT2D eigenvalue weighted by Crippen LogP contribution is 2.24. The molecule has 0 saturated carbocycles. The summed E-state index contributed by atoms with van der Waals surface area (Å²) in [6.45, 7) is 2.14. The van der Waals surface area contributed by atoms with Gasteiger partial charge in [-0.25, -0.2) is 4.98 Å². The van der Waals surface area contributed by atoms with E-state index >= 15 is 0 Å². The number of pyridine rings is 1. The lowest BCUT2D eigenvalue weighted by atomic mass is 10.1. The van der Waals surface area contributed by atoms with Crippen LogP contribution in [0.2, 0.25) is 0 Å². The quantitative estimate of drug-likeness (QED) is 0.860. The van der Waals surface area contributed by atoms with E-state index in [4.69, 9.17) is 5.26 Å². The molecule has 4 heteroatoms. The molecule has 2 heterocycles. The van der Waals surface area contributed by atoms with Crippen molar-refractivity contribution in [2.75, 3.05) is 18.4 Å². The van der Waals surface area contributed by atoms with Gasteiger partial charge in [0, 0.05) is 17.1 Å². The predicted molar refractivity (Wildman–Crippen MR) is 76.0 cm³/mol. The summed E-state index contributed by atoms with van der Waals surface area (Å²) < 4.78 is 0. The second-order valence-corrected chi connectivity index (χ2v) is 4.85. The minimum absolute atomic E-state index is 0.464. The number of aromatic nitrogens is 1. The van der Waals surface area contributed by atoms with E-state index in [1.165, 1.54) is 0 Å². The van der Waals surface area contributed by atoms with Gasteiger partial charge in [0.25, 0.3) is 0 Å². The lowest BCUT2D eigenvalue weighted by Gasteiger charge is -2.25. The Morgan fingerprint density at radius 3 is 2.84 bits per heavy atom. The molecule has 0 amide bonds. The lowest BCUT2D eigenvalue weighted by Crippen LogP contribution is -2.35. The summed E-state index contributed by atoms with van der Waals surface area (Å²) in [5.74, 6) is 0. The van der Waals surface area contributed by atoms with E-state index in [-0.39, 0.29) is 0 Å². The molecule has 0 spiro atoms. The number of nitrogens with zero attached hydrogens (tertiary/aromatic N) is 2. The Labute approximate surface area is 112 Å². The number of rotatable bonds is 2. The van der Waals surface area contributed by atoms with Gasteiger partial charge in [-0.3, -0.25) is 0 Å². The molecule has 19 heavy (non-hydrogen) atoms. The summed E-state index contributed by atoms with van der Waals surface area (Å²) in [4.78, 5) is 4.33. The standard InChI is InChI=1S/C15H16N4/c16-10-12-4-5-13-14(2-1-3-15(13)19-12)18-11-6-8-17-9-7-11/h1-5,11,17-18H,6-9H2. The van der Waals surface area contributed by atoms with Crippen LogP contribution < -0.4 is 10.6 Å². The summed E-state index contributed by atoms with van der Waals surface area (Å²) >= 11 is 0. The third-order valence-electron chi connectivity index (χ3n) is 3.55. The first-order chi connectivity index (χ1) is 9.36. The Morgan fingerprint density at radius 1 is 1.21 bits per heavy atom. The van der Waals surface area contributed by atoms with E-state index in [9.17, 15) is 0 Å². The summed E-state index contributed by atoms with van der Waals surface area (Å²) in [6, 6.07) is 12.4. The molecule has 1 aliphatic rings. The van der Waals surface area contributed by atoms with Gasteiger partial charge in [-0.1, -0.05) is 6.07 Å². The van der Waals surface area contributed by atoms with Gasteiger partial charge >= 0.3 is 0 Å². The smallest absolute Gasteiger partial charge is 0.141 e. The second-order valence-electron chi connectivity index (χ2n) is 4.85. The van der Waals surface area contributed by atoms with Crippen molar-refractivity contribution in [3.05, 3.63) is 36.0 Å². The number of hydrogen-bond acceptors (Lipinski definition) is 4. The van der Waals surface area contributed by atoms with Gasteiger partial charge in [-0.15, -0.1) is 0 Å². The fourth-order valence-electron chi connectivity index (χ4n) is 2.53.